The zero-order valence-electron chi connectivity index (χ0n) is 9.93. The first-order valence-corrected chi connectivity index (χ1v) is 5.10. The van der Waals surface area contributed by atoms with Crippen LogP contribution < -0.4 is 5.48 Å². The van der Waals surface area contributed by atoms with Gasteiger partial charge >= 0.3 is 5.97 Å². The molecule has 0 atom stereocenters. The van der Waals surface area contributed by atoms with E-state index in [4.69, 9.17) is 0 Å². The van der Waals surface area contributed by atoms with E-state index in [2.05, 4.69) is 10.3 Å². The van der Waals surface area contributed by atoms with Crippen LogP contribution in [0.5, 0.6) is 0 Å². The molecular formula is C11H12N2O5. The molecule has 0 aliphatic heterocycles. The molecule has 0 aliphatic rings. The van der Waals surface area contributed by atoms with Crippen molar-refractivity contribution in [2.45, 2.75) is 20.3 Å². The fourth-order valence-electron chi connectivity index (χ4n) is 1.23. The predicted molar refractivity (Wildman–Crippen MR) is 62.8 cm³/mol. The lowest BCUT2D eigenvalue weighted by Crippen LogP contribution is -2.14. The van der Waals surface area contributed by atoms with Gasteiger partial charge in [0.25, 0.3) is 5.69 Å². The minimum Gasteiger partial charge on any atom is -0.343 e. The lowest BCUT2D eigenvalue weighted by atomic mass is 10.2. The largest absolute Gasteiger partial charge is 0.343 e. The van der Waals surface area contributed by atoms with E-state index in [1.807, 2.05) is 0 Å². The fraction of sp³-hybridized carbons (Fsp3) is 0.273. The van der Waals surface area contributed by atoms with E-state index in [0.29, 0.717) is 5.56 Å². The number of carbonyl (C=O) groups is 2. The van der Waals surface area contributed by atoms with Gasteiger partial charge in [0.2, 0.25) is 0 Å². The minimum atomic E-state index is -0.794. The second-order valence-corrected chi connectivity index (χ2v) is 3.73. The van der Waals surface area contributed by atoms with E-state index in [9.17, 15) is 19.7 Å². The van der Waals surface area contributed by atoms with Crippen molar-refractivity contribution in [3.8, 4) is 0 Å². The molecule has 0 amide bonds. The third-order valence-corrected chi connectivity index (χ3v) is 2.02. The summed E-state index contributed by atoms with van der Waals surface area (Å²) in [4.78, 5) is 36.5. The Morgan fingerprint density at radius 2 is 2.11 bits per heavy atom. The number of nitro benzene ring substituents is 1. The van der Waals surface area contributed by atoms with E-state index in [-0.39, 0.29) is 23.6 Å². The Kier molecular flexibility index (Phi) is 4.36. The van der Waals surface area contributed by atoms with Crippen LogP contribution in [0.1, 0.15) is 18.9 Å². The molecule has 1 aromatic rings. The summed E-state index contributed by atoms with van der Waals surface area (Å²) in [6.45, 7) is 2.95. The van der Waals surface area contributed by atoms with Gasteiger partial charge < -0.3 is 4.84 Å². The number of Topliss-reactive ketones (excluding diaryl/α,β-unsaturated/α-hetero) is 1. The second-order valence-electron chi connectivity index (χ2n) is 3.73. The van der Waals surface area contributed by atoms with Crippen LogP contribution in [0, 0.1) is 17.0 Å². The summed E-state index contributed by atoms with van der Waals surface area (Å²) >= 11 is 0. The summed E-state index contributed by atoms with van der Waals surface area (Å²) in [5.74, 6) is -1.14. The summed E-state index contributed by atoms with van der Waals surface area (Å²) in [6.07, 6.45) is -0.382. The highest BCUT2D eigenvalue weighted by Crippen LogP contribution is 2.25. The molecule has 0 radical (unpaired) electrons. The molecule has 96 valence electrons. The third-order valence-electron chi connectivity index (χ3n) is 2.02. The number of nitrogens with one attached hydrogen (secondary N) is 1. The average Bonchev–Trinajstić information content (AvgIpc) is 2.26. The van der Waals surface area contributed by atoms with Crippen molar-refractivity contribution in [1.29, 1.82) is 0 Å². The molecule has 7 heteroatoms. The Balaban J connectivity index is 2.76. The van der Waals surface area contributed by atoms with E-state index in [1.165, 1.54) is 19.1 Å². The molecule has 7 nitrogen and oxygen atoms in total. The number of anilines is 1. The zero-order chi connectivity index (χ0) is 13.7. The maximum Gasteiger partial charge on any atom is 0.339 e. The van der Waals surface area contributed by atoms with E-state index in [1.54, 1.807) is 13.0 Å². The van der Waals surface area contributed by atoms with Gasteiger partial charge in [-0.05, 0) is 25.5 Å². The monoisotopic (exact) mass is 252 g/mol. The molecule has 0 saturated carbocycles. The van der Waals surface area contributed by atoms with E-state index < -0.39 is 10.9 Å². The first-order chi connectivity index (χ1) is 8.40. The summed E-state index contributed by atoms with van der Waals surface area (Å²) < 4.78 is 0. The first-order valence-electron chi connectivity index (χ1n) is 5.10. The predicted octanol–water partition coefficient (Wildman–Crippen LogP) is 1.75. The Morgan fingerprint density at radius 3 is 2.67 bits per heavy atom. The molecule has 1 rings (SSSR count). The van der Waals surface area contributed by atoms with Gasteiger partial charge in [0.1, 0.15) is 17.9 Å². The van der Waals surface area contributed by atoms with Gasteiger partial charge in [-0.1, -0.05) is 6.07 Å². The topological polar surface area (TPSA) is 98.5 Å². The third kappa shape index (κ3) is 3.85. The number of carbonyl (C=O) groups excluding carboxylic acids is 2. The fourth-order valence-corrected chi connectivity index (χ4v) is 1.23. The summed E-state index contributed by atoms with van der Waals surface area (Å²) in [7, 11) is 0. The van der Waals surface area contributed by atoms with Crippen molar-refractivity contribution in [3.63, 3.8) is 0 Å². The summed E-state index contributed by atoms with van der Waals surface area (Å²) in [5, 5.41) is 10.8. The molecule has 0 heterocycles. The van der Waals surface area contributed by atoms with Crippen LogP contribution in [0.25, 0.3) is 0 Å². The lowest BCUT2D eigenvalue weighted by molar-refractivity contribution is -0.384. The molecule has 1 N–H and O–H groups in total. The van der Waals surface area contributed by atoms with Gasteiger partial charge in [0.15, 0.2) is 0 Å². The molecule has 18 heavy (non-hydrogen) atoms. The molecule has 0 spiro atoms. The van der Waals surface area contributed by atoms with Crippen molar-refractivity contribution in [2.75, 3.05) is 5.48 Å². The Morgan fingerprint density at radius 1 is 1.44 bits per heavy atom. The quantitative estimate of drug-likeness (QED) is 0.487. The molecule has 0 aliphatic carbocycles. The number of nitro groups is 1. The molecular weight excluding hydrogens is 240 g/mol. The van der Waals surface area contributed by atoms with Crippen LogP contribution in [0.2, 0.25) is 0 Å². The number of ketones is 1. The van der Waals surface area contributed by atoms with Gasteiger partial charge in [-0.25, -0.2) is 10.3 Å². The number of rotatable bonds is 5. The maximum absolute atomic E-state index is 11.1. The van der Waals surface area contributed by atoms with Gasteiger partial charge in [0, 0.05) is 6.07 Å². The number of aryl methyl sites for hydroxylation is 1. The molecule has 0 bridgehead atoms. The van der Waals surface area contributed by atoms with Crippen molar-refractivity contribution >= 4 is 23.1 Å². The Bertz CT molecular complexity index is 498. The van der Waals surface area contributed by atoms with E-state index in [0.717, 1.165) is 0 Å². The molecule has 0 fully saturated rings. The van der Waals surface area contributed by atoms with Crippen molar-refractivity contribution in [1.82, 2.24) is 0 Å². The van der Waals surface area contributed by atoms with Crippen LogP contribution in [-0.2, 0) is 14.4 Å². The Hall–Kier alpha value is -2.44. The minimum absolute atomic E-state index is 0.0579. The summed E-state index contributed by atoms with van der Waals surface area (Å²) in [6, 6.07) is 4.41. The van der Waals surface area contributed by atoms with Crippen molar-refractivity contribution in [2.24, 2.45) is 0 Å². The van der Waals surface area contributed by atoms with E-state index >= 15 is 0 Å². The molecule has 1 aromatic carbocycles. The molecule has 0 aromatic heterocycles. The second kappa shape index (κ2) is 5.76. The highest BCUT2D eigenvalue weighted by Gasteiger charge is 2.15. The SMILES string of the molecule is CC(=O)CC(=O)ONc1ccc(C)cc1[N+](=O)[O-]. The maximum atomic E-state index is 11.1. The normalized spacial score (nSPS) is 9.67. The smallest absolute Gasteiger partial charge is 0.339 e. The lowest BCUT2D eigenvalue weighted by Gasteiger charge is -2.07. The van der Waals surface area contributed by atoms with Crippen LogP contribution in [0.15, 0.2) is 18.2 Å². The highest BCUT2D eigenvalue weighted by atomic mass is 16.7. The number of nitrogens with zero attached hydrogens (tertiary/aromatic N) is 1. The molecule has 0 unspecified atom stereocenters. The van der Waals surface area contributed by atoms with Crippen molar-refractivity contribution in [3.05, 3.63) is 33.9 Å². The van der Waals surface area contributed by atoms with Crippen molar-refractivity contribution < 1.29 is 19.3 Å². The highest BCUT2D eigenvalue weighted by molar-refractivity contribution is 5.94. The summed E-state index contributed by atoms with van der Waals surface area (Å²) in [5.41, 5.74) is 2.75. The number of benzene rings is 1. The zero-order valence-corrected chi connectivity index (χ0v) is 9.93. The average molecular weight is 252 g/mol. The van der Waals surface area contributed by atoms with Gasteiger partial charge in [-0.2, -0.15) is 0 Å². The van der Waals surface area contributed by atoms with Gasteiger partial charge in [-0.3, -0.25) is 14.9 Å². The molecule has 0 saturated heterocycles. The van der Waals surface area contributed by atoms with Crippen LogP contribution in [0.4, 0.5) is 11.4 Å². The number of hydrogen-bond acceptors (Lipinski definition) is 6. The van der Waals surface area contributed by atoms with Gasteiger partial charge in [-0.15, -0.1) is 0 Å². The van der Waals surface area contributed by atoms with Gasteiger partial charge in [0.05, 0.1) is 4.92 Å². The first kappa shape index (κ1) is 13.6. The number of hydrogen-bond donors (Lipinski definition) is 1. The standard InChI is InChI=1S/C11H12N2O5/c1-7-3-4-9(10(5-7)13(16)17)12-18-11(15)6-8(2)14/h3-5,12H,6H2,1-2H3. The van der Waals surface area contributed by atoms with Crippen LogP contribution in [0.3, 0.4) is 0 Å². The van der Waals surface area contributed by atoms with Crippen LogP contribution >= 0.6 is 0 Å². The van der Waals surface area contributed by atoms with Crippen LogP contribution in [-0.4, -0.2) is 16.7 Å². The Labute approximate surface area is 103 Å².